The number of rotatable bonds is 4. The van der Waals surface area contributed by atoms with Crippen LogP contribution >= 0.6 is 0 Å². The number of nitrogens with zero attached hydrogens (tertiary/aromatic N) is 1. The Morgan fingerprint density at radius 2 is 2.39 bits per heavy atom. The largest absolute Gasteiger partial charge is 0.376 e. The molecule has 2 heterocycles. The predicted octanol–water partition coefficient (Wildman–Crippen LogP) is 1.42. The van der Waals surface area contributed by atoms with Crippen LogP contribution in [0.5, 0.6) is 0 Å². The van der Waals surface area contributed by atoms with E-state index in [1.807, 2.05) is 6.92 Å². The number of nitrogens with one attached hydrogen (secondary N) is 2. The number of anilines is 1. The molecule has 0 saturated carbocycles. The van der Waals surface area contributed by atoms with Crippen LogP contribution in [0.25, 0.3) is 0 Å². The number of hydrogen-bond acceptors (Lipinski definition) is 4. The van der Waals surface area contributed by atoms with Crippen LogP contribution in [0.4, 0.5) is 5.82 Å². The van der Waals surface area contributed by atoms with Gasteiger partial charge in [-0.05, 0) is 31.9 Å². The smallest absolute Gasteiger partial charge is 0.253 e. The molecule has 1 amide bonds. The number of carbonyl (C=O) groups is 1. The van der Waals surface area contributed by atoms with Gasteiger partial charge < -0.3 is 15.4 Å². The van der Waals surface area contributed by atoms with Gasteiger partial charge in [0.2, 0.25) is 0 Å². The van der Waals surface area contributed by atoms with Crippen molar-refractivity contribution in [3.05, 3.63) is 23.9 Å². The topological polar surface area (TPSA) is 63.2 Å². The molecule has 0 bridgehead atoms. The quantitative estimate of drug-likeness (QED) is 0.847. The number of pyridine rings is 1. The number of amides is 1. The van der Waals surface area contributed by atoms with Crippen molar-refractivity contribution in [3.63, 3.8) is 0 Å². The van der Waals surface area contributed by atoms with Crippen LogP contribution in [0.2, 0.25) is 0 Å². The van der Waals surface area contributed by atoms with Gasteiger partial charge in [-0.2, -0.15) is 0 Å². The van der Waals surface area contributed by atoms with Gasteiger partial charge in [-0.3, -0.25) is 4.79 Å². The average molecular weight is 249 g/mol. The van der Waals surface area contributed by atoms with E-state index >= 15 is 0 Å². The third-order valence-electron chi connectivity index (χ3n) is 3.16. The average Bonchev–Trinajstić information content (AvgIpc) is 2.92. The van der Waals surface area contributed by atoms with E-state index in [-0.39, 0.29) is 18.1 Å². The normalized spacial score (nSPS) is 20.4. The number of ether oxygens (including phenoxy) is 1. The molecule has 2 atom stereocenters. The van der Waals surface area contributed by atoms with Crippen molar-refractivity contribution in [2.45, 2.75) is 31.9 Å². The minimum Gasteiger partial charge on any atom is -0.376 e. The highest BCUT2D eigenvalue weighted by atomic mass is 16.5. The summed E-state index contributed by atoms with van der Waals surface area (Å²) in [6.07, 6.45) is 3.80. The fourth-order valence-electron chi connectivity index (χ4n) is 2.06. The standard InChI is InChI=1S/C13H19N3O2/c1-9(11-4-3-7-18-11)16-13(17)10-5-6-12(14-2)15-8-10/h5-6,8-9,11H,3-4,7H2,1-2H3,(H,14,15)(H,16,17). The van der Waals surface area contributed by atoms with Crippen LogP contribution in [0.15, 0.2) is 18.3 Å². The summed E-state index contributed by atoms with van der Waals surface area (Å²) in [5, 5.41) is 5.87. The van der Waals surface area contributed by atoms with Crippen LogP contribution in [-0.2, 0) is 4.74 Å². The van der Waals surface area contributed by atoms with Crippen LogP contribution < -0.4 is 10.6 Å². The molecule has 5 nitrogen and oxygen atoms in total. The summed E-state index contributed by atoms with van der Waals surface area (Å²) in [6, 6.07) is 3.58. The van der Waals surface area contributed by atoms with Gasteiger partial charge in [-0.15, -0.1) is 0 Å². The second-order valence-corrected chi connectivity index (χ2v) is 4.50. The number of hydrogen-bond donors (Lipinski definition) is 2. The van der Waals surface area contributed by atoms with E-state index in [2.05, 4.69) is 15.6 Å². The molecule has 0 aromatic carbocycles. The fourth-order valence-corrected chi connectivity index (χ4v) is 2.06. The Kier molecular flexibility index (Phi) is 4.15. The maximum atomic E-state index is 12.0. The molecule has 5 heteroatoms. The predicted molar refractivity (Wildman–Crippen MR) is 69.7 cm³/mol. The van der Waals surface area contributed by atoms with E-state index in [1.54, 1.807) is 25.4 Å². The maximum absolute atomic E-state index is 12.0. The lowest BCUT2D eigenvalue weighted by Crippen LogP contribution is -2.40. The summed E-state index contributed by atoms with van der Waals surface area (Å²) in [4.78, 5) is 16.1. The monoisotopic (exact) mass is 249 g/mol. The molecule has 2 unspecified atom stereocenters. The molecule has 0 spiro atoms. The molecule has 0 radical (unpaired) electrons. The fraction of sp³-hybridized carbons (Fsp3) is 0.538. The third-order valence-corrected chi connectivity index (χ3v) is 3.16. The van der Waals surface area contributed by atoms with Crippen molar-refractivity contribution in [3.8, 4) is 0 Å². The lowest BCUT2D eigenvalue weighted by Gasteiger charge is -2.19. The van der Waals surface area contributed by atoms with Crippen molar-refractivity contribution in [2.24, 2.45) is 0 Å². The summed E-state index contributed by atoms with van der Waals surface area (Å²) in [5.74, 6) is 0.645. The molecule has 0 aliphatic carbocycles. The van der Waals surface area contributed by atoms with E-state index in [0.717, 1.165) is 25.3 Å². The zero-order valence-electron chi connectivity index (χ0n) is 10.8. The lowest BCUT2D eigenvalue weighted by atomic mass is 10.1. The molecule has 18 heavy (non-hydrogen) atoms. The lowest BCUT2D eigenvalue weighted by molar-refractivity contribution is 0.0712. The van der Waals surface area contributed by atoms with Gasteiger partial charge in [-0.1, -0.05) is 0 Å². The van der Waals surface area contributed by atoms with Gasteiger partial charge in [-0.25, -0.2) is 4.98 Å². The first kappa shape index (κ1) is 12.8. The minimum absolute atomic E-state index is 0.0315. The van der Waals surface area contributed by atoms with Crippen LogP contribution in [-0.4, -0.2) is 36.7 Å². The van der Waals surface area contributed by atoms with Gasteiger partial charge in [0, 0.05) is 19.9 Å². The zero-order chi connectivity index (χ0) is 13.0. The molecule has 1 aliphatic rings. The molecule has 2 rings (SSSR count). The van der Waals surface area contributed by atoms with Crippen molar-refractivity contribution in [1.82, 2.24) is 10.3 Å². The molecule has 1 fully saturated rings. The van der Waals surface area contributed by atoms with Gasteiger partial charge in [0.25, 0.3) is 5.91 Å². The van der Waals surface area contributed by atoms with Crippen molar-refractivity contribution in [2.75, 3.05) is 19.0 Å². The molecule has 1 aliphatic heterocycles. The van der Waals surface area contributed by atoms with E-state index < -0.39 is 0 Å². The van der Waals surface area contributed by atoms with E-state index in [0.29, 0.717) is 5.56 Å². The second-order valence-electron chi connectivity index (χ2n) is 4.50. The van der Waals surface area contributed by atoms with Crippen LogP contribution in [0, 0.1) is 0 Å². The van der Waals surface area contributed by atoms with Gasteiger partial charge in [0.1, 0.15) is 5.82 Å². The molecule has 2 N–H and O–H groups in total. The van der Waals surface area contributed by atoms with Crippen molar-refractivity contribution in [1.29, 1.82) is 0 Å². The number of aromatic nitrogens is 1. The first-order chi connectivity index (χ1) is 8.70. The Morgan fingerprint density at radius 3 is 2.94 bits per heavy atom. The molecular weight excluding hydrogens is 230 g/mol. The first-order valence-corrected chi connectivity index (χ1v) is 6.27. The summed E-state index contributed by atoms with van der Waals surface area (Å²) in [6.45, 7) is 2.77. The summed E-state index contributed by atoms with van der Waals surface area (Å²) in [7, 11) is 1.79. The first-order valence-electron chi connectivity index (χ1n) is 6.27. The highest BCUT2D eigenvalue weighted by Gasteiger charge is 2.23. The van der Waals surface area contributed by atoms with Gasteiger partial charge in [0.15, 0.2) is 0 Å². The zero-order valence-corrected chi connectivity index (χ0v) is 10.8. The molecular formula is C13H19N3O2. The summed E-state index contributed by atoms with van der Waals surface area (Å²) < 4.78 is 5.55. The molecule has 98 valence electrons. The number of carbonyl (C=O) groups excluding carboxylic acids is 1. The molecule has 1 saturated heterocycles. The third kappa shape index (κ3) is 2.98. The minimum atomic E-state index is -0.104. The summed E-state index contributed by atoms with van der Waals surface area (Å²) in [5.41, 5.74) is 0.568. The highest BCUT2D eigenvalue weighted by Crippen LogP contribution is 2.15. The van der Waals surface area contributed by atoms with E-state index in [1.165, 1.54) is 0 Å². The summed E-state index contributed by atoms with van der Waals surface area (Å²) >= 11 is 0. The second kappa shape index (κ2) is 5.82. The Hall–Kier alpha value is -1.62. The van der Waals surface area contributed by atoms with Crippen LogP contribution in [0.3, 0.4) is 0 Å². The van der Waals surface area contributed by atoms with Crippen molar-refractivity contribution < 1.29 is 9.53 Å². The Balaban J connectivity index is 1.93. The van der Waals surface area contributed by atoms with Gasteiger partial charge >= 0.3 is 0 Å². The Labute approximate surface area is 107 Å². The maximum Gasteiger partial charge on any atom is 0.253 e. The highest BCUT2D eigenvalue weighted by molar-refractivity contribution is 5.94. The van der Waals surface area contributed by atoms with Crippen LogP contribution in [0.1, 0.15) is 30.1 Å². The van der Waals surface area contributed by atoms with E-state index in [4.69, 9.17) is 4.74 Å². The van der Waals surface area contributed by atoms with Gasteiger partial charge in [0.05, 0.1) is 17.7 Å². The molecule has 1 aromatic heterocycles. The van der Waals surface area contributed by atoms with Crippen molar-refractivity contribution >= 4 is 11.7 Å². The SMILES string of the molecule is CNc1ccc(C(=O)NC(C)C2CCCO2)cn1. The Bertz CT molecular complexity index is 399. The molecule has 1 aromatic rings. The van der Waals surface area contributed by atoms with E-state index in [9.17, 15) is 4.79 Å². The Morgan fingerprint density at radius 1 is 1.56 bits per heavy atom.